The zero-order valence-corrected chi connectivity index (χ0v) is 15.4. The van der Waals surface area contributed by atoms with Crippen molar-refractivity contribution in [2.24, 2.45) is 0 Å². The van der Waals surface area contributed by atoms with E-state index in [1.165, 1.54) is 16.1 Å². The van der Waals surface area contributed by atoms with Crippen molar-refractivity contribution < 1.29 is 0 Å². The number of aromatic nitrogens is 1. The Labute approximate surface area is 147 Å². The van der Waals surface area contributed by atoms with Crippen LogP contribution in [0.2, 0.25) is 0 Å². The third-order valence-electron chi connectivity index (χ3n) is 4.17. The molecular weight excluding hydrogens is 324 g/mol. The second kappa shape index (κ2) is 7.55. The minimum atomic E-state index is 0.334. The van der Waals surface area contributed by atoms with Crippen LogP contribution in [-0.4, -0.2) is 53.6 Å². The topological polar surface area (TPSA) is 31.4 Å². The molecule has 1 saturated heterocycles. The van der Waals surface area contributed by atoms with Gasteiger partial charge in [-0.25, -0.2) is 4.98 Å². The lowest BCUT2D eigenvalue weighted by Gasteiger charge is -2.26. The van der Waals surface area contributed by atoms with Crippen molar-refractivity contribution in [1.82, 2.24) is 20.1 Å². The van der Waals surface area contributed by atoms with E-state index in [0.29, 0.717) is 6.04 Å². The van der Waals surface area contributed by atoms with Gasteiger partial charge in [-0.3, -0.25) is 0 Å². The van der Waals surface area contributed by atoms with Gasteiger partial charge in [0.2, 0.25) is 0 Å². The van der Waals surface area contributed by atoms with E-state index in [9.17, 15) is 0 Å². The summed E-state index contributed by atoms with van der Waals surface area (Å²) in [4.78, 5) is 9.35. The Balaban J connectivity index is 1.64. The fraction of sp³-hybridized carbons (Fsp3) is 0.529. The number of rotatable bonds is 5. The number of thiazole rings is 1. The molecule has 0 spiro atoms. The minimum Gasteiger partial charge on any atom is -0.363 e. The average Bonchev–Trinajstić information content (AvgIpc) is 3.16. The van der Waals surface area contributed by atoms with E-state index in [1.807, 2.05) is 0 Å². The van der Waals surface area contributed by atoms with Crippen LogP contribution in [0.1, 0.15) is 30.3 Å². The molecule has 1 aliphatic heterocycles. The zero-order valence-electron chi connectivity index (χ0n) is 13.8. The molecule has 0 amide bonds. The highest BCUT2D eigenvalue weighted by atomic mass is 32.1. The predicted octanol–water partition coefficient (Wildman–Crippen LogP) is 3.26. The molecule has 0 aliphatic carbocycles. The van der Waals surface area contributed by atoms with Crippen LogP contribution >= 0.6 is 23.6 Å². The number of para-hydroxylation sites is 1. The predicted molar refractivity (Wildman–Crippen MR) is 102 cm³/mol. The van der Waals surface area contributed by atoms with Gasteiger partial charge in [0.25, 0.3) is 0 Å². The van der Waals surface area contributed by atoms with E-state index in [2.05, 4.69) is 53.5 Å². The molecule has 1 fully saturated rings. The molecule has 1 aromatic carbocycles. The number of hydrogen-bond acceptors (Lipinski definition) is 4. The number of thiocarbonyl (C=S) groups is 1. The highest BCUT2D eigenvalue weighted by Gasteiger charge is 2.30. The highest BCUT2D eigenvalue weighted by Crippen LogP contribution is 2.36. The number of nitrogens with one attached hydrogen (secondary N) is 1. The molecule has 0 bridgehead atoms. The molecule has 0 saturated carbocycles. The van der Waals surface area contributed by atoms with Crippen molar-refractivity contribution >= 4 is 38.9 Å². The van der Waals surface area contributed by atoms with Gasteiger partial charge in [0.05, 0.1) is 16.3 Å². The quantitative estimate of drug-likeness (QED) is 0.662. The van der Waals surface area contributed by atoms with Gasteiger partial charge in [-0.2, -0.15) is 0 Å². The standard InChI is InChI=1S/C17H24N4S2/c1-20(2)11-6-10-18-17(22)21-12-5-8-14(21)16-19-13-7-3-4-9-15(13)23-16/h3-4,7,9,14H,5-6,8,10-12H2,1-2H3,(H,18,22)/t14-/m0/s1. The van der Waals surface area contributed by atoms with Crippen molar-refractivity contribution in [3.8, 4) is 0 Å². The Morgan fingerprint density at radius 1 is 1.43 bits per heavy atom. The summed E-state index contributed by atoms with van der Waals surface area (Å²) in [6, 6.07) is 8.70. The van der Waals surface area contributed by atoms with Crippen LogP contribution in [0.4, 0.5) is 0 Å². The lowest BCUT2D eigenvalue weighted by molar-refractivity contribution is 0.381. The number of fused-ring (bicyclic) bond motifs is 1. The van der Waals surface area contributed by atoms with Crippen LogP contribution in [-0.2, 0) is 0 Å². The molecule has 3 rings (SSSR count). The molecule has 0 unspecified atom stereocenters. The maximum Gasteiger partial charge on any atom is 0.169 e. The molecule has 0 radical (unpaired) electrons. The number of hydrogen-bond donors (Lipinski definition) is 1. The van der Waals surface area contributed by atoms with E-state index in [0.717, 1.165) is 43.1 Å². The second-order valence-electron chi connectivity index (χ2n) is 6.26. The molecule has 1 N–H and O–H groups in total. The zero-order chi connectivity index (χ0) is 16.2. The van der Waals surface area contributed by atoms with Gasteiger partial charge < -0.3 is 15.1 Å². The Bertz CT molecular complexity index is 634. The molecule has 6 heteroatoms. The summed E-state index contributed by atoms with van der Waals surface area (Å²) in [6.45, 7) is 3.04. The Morgan fingerprint density at radius 3 is 3.04 bits per heavy atom. The van der Waals surface area contributed by atoms with Gasteiger partial charge >= 0.3 is 0 Å². The first-order valence-electron chi connectivity index (χ1n) is 8.20. The van der Waals surface area contributed by atoms with Crippen LogP contribution in [0.15, 0.2) is 24.3 Å². The first-order chi connectivity index (χ1) is 11.1. The first-order valence-corrected chi connectivity index (χ1v) is 9.42. The Hall–Kier alpha value is -1.24. The average molecular weight is 349 g/mol. The van der Waals surface area contributed by atoms with Crippen molar-refractivity contribution in [1.29, 1.82) is 0 Å². The summed E-state index contributed by atoms with van der Waals surface area (Å²) >= 11 is 7.43. The lowest BCUT2D eigenvalue weighted by atomic mass is 10.2. The van der Waals surface area contributed by atoms with Gasteiger partial charge in [0.15, 0.2) is 5.11 Å². The molecule has 23 heavy (non-hydrogen) atoms. The Kier molecular flexibility index (Phi) is 5.46. The third-order valence-corrected chi connectivity index (χ3v) is 5.68. The second-order valence-corrected chi connectivity index (χ2v) is 7.71. The molecule has 2 aromatic rings. The van der Waals surface area contributed by atoms with Gasteiger partial charge in [0.1, 0.15) is 5.01 Å². The largest absolute Gasteiger partial charge is 0.363 e. The SMILES string of the molecule is CN(C)CCCNC(=S)N1CCC[C@H]1c1nc2ccccc2s1. The molecule has 1 atom stereocenters. The molecule has 1 aromatic heterocycles. The van der Waals surface area contributed by atoms with Gasteiger partial charge in [-0.15, -0.1) is 11.3 Å². The van der Waals surface area contributed by atoms with Crippen LogP contribution in [0.25, 0.3) is 10.2 Å². The molecule has 124 valence electrons. The summed E-state index contributed by atoms with van der Waals surface area (Å²) in [7, 11) is 4.20. The third kappa shape index (κ3) is 4.00. The lowest BCUT2D eigenvalue weighted by Crippen LogP contribution is -2.40. The van der Waals surface area contributed by atoms with E-state index in [-0.39, 0.29) is 0 Å². The number of likely N-dealkylation sites (tertiary alicyclic amines) is 1. The van der Waals surface area contributed by atoms with Gasteiger partial charge in [-0.05, 0) is 64.3 Å². The maximum absolute atomic E-state index is 5.63. The van der Waals surface area contributed by atoms with Gasteiger partial charge in [0, 0.05) is 13.1 Å². The Morgan fingerprint density at radius 2 is 2.26 bits per heavy atom. The van der Waals surface area contributed by atoms with Crippen LogP contribution < -0.4 is 5.32 Å². The summed E-state index contributed by atoms with van der Waals surface area (Å²) in [5.41, 5.74) is 1.10. The first kappa shape index (κ1) is 16.6. The normalized spacial score (nSPS) is 18.0. The van der Waals surface area contributed by atoms with E-state index in [4.69, 9.17) is 17.2 Å². The fourth-order valence-corrected chi connectivity index (χ4v) is 4.43. The fourth-order valence-electron chi connectivity index (χ4n) is 2.99. The van der Waals surface area contributed by atoms with Crippen LogP contribution in [0, 0.1) is 0 Å². The van der Waals surface area contributed by atoms with Crippen LogP contribution in [0.3, 0.4) is 0 Å². The molecule has 4 nitrogen and oxygen atoms in total. The summed E-state index contributed by atoms with van der Waals surface area (Å²) < 4.78 is 1.26. The van der Waals surface area contributed by atoms with E-state index < -0.39 is 0 Å². The smallest absolute Gasteiger partial charge is 0.169 e. The molecular formula is C17H24N4S2. The van der Waals surface area contributed by atoms with E-state index in [1.54, 1.807) is 11.3 Å². The minimum absolute atomic E-state index is 0.334. The highest BCUT2D eigenvalue weighted by molar-refractivity contribution is 7.80. The molecule has 2 heterocycles. The van der Waals surface area contributed by atoms with Gasteiger partial charge in [-0.1, -0.05) is 12.1 Å². The van der Waals surface area contributed by atoms with Crippen molar-refractivity contribution in [3.05, 3.63) is 29.3 Å². The van der Waals surface area contributed by atoms with E-state index >= 15 is 0 Å². The summed E-state index contributed by atoms with van der Waals surface area (Å²) in [6.07, 6.45) is 3.42. The van der Waals surface area contributed by atoms with Crippen molar-refractivity contribution in [2.45, 2.75) is 25.3 Å². The molecule has 1 aliphatic rings. The number of benzene rings is 1. The summed E-state index contributed by atoms with van der Waals surface area (Å²) in [5.74, 6) is 0. The monoisotopic (exact) mass is 348 g/mol. The number of nitrogens with zero attached hydrogens (tertiary/aromatic N) is 3. The van der Waals surface area contributed by atoms with Crippen molar-refractivity contribution in [3.63, 3.8) is 0 Å². The van der Waals surface area contributed by atoms with Crippen LogP contribution in [0.5, 0.6) is 0 Å². The van der Waals surface area contributed by atoms with Crippen molar-refractivity contribution in [2.75, 3.05) is 33.7 Å². The maximum atomic E-state index is 5.63. The summed E-state index contributed by atoms with van der Waals surface area (Å²) in [5, 5.41) is 5.50.